The van der Waals surface area contributed by atoms with Gasteiger partial charge in [0, 0.05) is 16.9 Å². The monoisotopic (exact) mass is 283 g/mol. The number of alkyl halides is 3. The minimum absolute atomic E-state index is 0.163. The fourth-order valence-electron chi connectivity index (χ4n) is 0.944. The highest BCUT2D eigenvalue weighted by Gasteiger charge is 2.28. The fraction of sp³-hybridized carbons (Fsp3) is 0.333. The van der Waals surface area contributed by atoms with Gasteiger partial charge in [-0.2, -0.15) is 0 Å². The summed E-state index contributed by atoms with van der Waals surface area (Å²) < 4.78 is 3.20. The highest BCUT2D eigenvalue weighted by molar-refractivity contribution is 7.80. The molecule has 0 aromatic carbocycles. The van der Waals surface area contributed by atoms with Gasteiger partial charge in [-0.1, -0.05) is 65.2 Å². The second-order valence-electron chi connectivity index (χ2n) is 2.86. The van der Waals surface area contributed by atoms with E-state index in [1.165, 1.54) is 0 Å². The van der Waals surface area contributed by atoms with Gasteiger partial charge in [0.15, 0.2) is 0 Å². The number of allylic oxidation sites excluding steroid dienone is 3. The molecule has 0 atom stereocenters. The lowest BCUT2D eigenvalue weighted by Gasteiger charge is -2.16. The van der Waals surface area contributed by atoms with Crippen molar-refractivity contribution in [2.75, 3.05) is 6.61 Å². The number of nitrogens with one attached hydrogen (secondary N) is 1. The lowest BCUT2D eigenvalue weighted by atomic mass is 10.1. The lowest BCUT2D eigenvalue weighted by molar-refractivity contribution is 0.335. The molecule has 2 nitrogen and oxygen atoms in total. The van der Waals surface area contributed by atoms with Crippen molar-refractivity contribution in [3.63, 3.8) is 0 Å². The fourth-order valence-corrected chi connectivity index (χ4v) is 1.33. The molecule has 0 aromatic rings. The van der Waals surface area contributed by atoms with E-state index in [2.05, 4.69) is 0 Å². The molecule has 0 saturated carbocycles. The number of thiocarbonyl (C=S) groups is 1. The van der Waals surface area contributed by atoms with E-state index in [4.69, 9.17) is 57.2 Å². The molecule has 0 aliphatic heterocycles. The minimum atomic E-state index is -1.81. The summed E-state index contributed by atoms with van der Waals surface area (Å²) in [5.74, 6) is -0.397. The maximum absolute atomic E-state index is 7.32. The van der Waals surface area contributed by atoms with E-state index in [1.807, 2.05) is 18.2 Å². The summed E-state index contributed by atoms with van der Waals surface area (Å²) in [6.07, 6.45) is 6.38. The Balaban J connectivity index is 2.51. The van der Waals surface area contributed by atoms with E-state index >= 15 is 0 Å². The molecule has 1 rings (SSSR count). The van der Waals surface area contributed by atoms with Crippen molar-refractivity contribution in [2.24, 2.45) is 0 Å². The summed E-state index contributed by atoms with van der Waals surface area (Å²) in [4.78, 5) is 0.787. The Hall–Kier alpha value is -0.0900. The summed E-state index contributed by atoms with van der Waals surface area (Å²) >= 11 is 21.5. The van der Waals surface area contributed by atoms with Crippen LogP contribution in [0, 0.1) is 5.41 Å². The van der Waals surface area contributed by atoms with Crippen LogP contribution in [0.1, 0.15) is 6.42 Å². The third-order valence-electron chi connectivity index (χ3n) is 1.72. The molecular weight excluding hydrogens is 277 g/mol. The zero-order valence-electron chi connectivity index (χ0n) is 7.60. The average molecular weight is 285 g/mol. The van der Waals surface area contributed by atoms with E-state index in [9.17, 15) is 0 Å². The normalized spacial score (nSPS) is 16.2. The SMILES string of the molecule is N=C(OCC1=CC=CCC1=S)C(Cl)(Cl)Cl. The van der Waals surface area contributed by atoms with Crippen molar-refractivity contribution < 1.29 is 4.74 Å². The van der Waals surface area contributed by atoms with Crippen molar-refractivity contribution in [1.82, 2.24) is 0 Å². The number of hydrogen-bond donors (Lipinski definition) is 1. The first-order chi connectivity index (χ1) is 6.91. The predicted molar refractivity (Wildman–Crippen MR) is 68.4 cm³/mol. The minimum Gasteiger partial charge on any atom is -0.473 e. The maximum atomic E-state index is 7.32. The van der Waals surface area contributed by atoms with Crippen LogP contribution in [0.5, 0.6) is 0 Å². The Kier molecular flexibility index (Phi) is 4.59. The molecule has 0 fully saturated rings. The molecule has 0 bridgehead atoms. The van der Waals surface area contributed by atoms with Gasteiger partial charge in [-0.25, -0.2) is 0 Å². The van der Waals surface area contributed by atoms with E-state index in [0.717, 1.165) is 10.4 Å². The van der Waals surface area contributed by atoms with Gasteiger partial charge in [-0.15, -0.1) is 0 Å². The Morgan fingerprint density at radius 2 is 2.20 bits per heavy atom. The molecule has 0 aromatic heterocycles. The van der Waals surface area contributed by atoms with Gasteiger partial charge >= 0.3 is 0 Å². The number of rotatable bonds is 2. The molecule has 0 heterocycles. The molecule has 0 saturated heterocycles. The Morgan fingerprint density at radius 1 is 1.53 bits per heavy atom. The third-order valence-corrected chi connectivity index (χ3v) is 2.67. The lowest BCUT2D eigenvalue weighted by Crippen LogP contribution is -2.23. The molecule has 0 radical (unpaired) electrons. The largest absolute Gasteiger partial charge is 0.473 e. The number of halogens is 3. The summed E-state index contributed by atoms with van der Waals surface area (Å²) in [6, 6.07) is 0. The zero-order valence-corrected chi connectivity index (χ0v) is 10.7. The van der Waals surface area contributed by atoms with Gasteiger partial charge in [0.25, 0.3) is 3.79 Å². The predicted octanol–water partition coefficient (Wildman–Crippen LogP) is 3.61. The van der Waals surface area contributed by atoms with Gasteiger partial charge in [0.1, 0.15) is 6.61 Å². The summed E-state index contributed by atoms with van der Waals surface area (Å²) in [5, 5.41) is 7.32. The molecule has 15 heavy (non-hydrogen) atoms. The molecule has 1 aliphatic carbocycles. The smallest absolute Gasteiger partial charge is 0.265 e. The van der Waals surface area contributed by atoms with Crippen LogP contribution in [0.4, 0.5) is 0 Å². The molecule has 1 aliphatic rings. The first kappa shape index (κ1) is 13.0. The Bertz CT molecular complexity index is 344. The van der Waals surface area contributed by atoms with Crippen LogP contribution in [-0.4, -0.2) is 21.2 Å². The molecule has 0 spiro atoms. The summed E-state index contributed by atoms with van der Waals surface area (Å²) in [6.45, 7) is 0.163. The third kappa shape index (κ3) is 4.11. The molecule has 1 N–H and O–H groups in total. The van der Waals surface area contributed by atoms with Crippen LogP contribution in [0.15, 0.2) is 23.8 Å². The molecule has 0 amide bonds. The highest BCUT2D eigenvalue weighted by Crippen LogP contribution is 2.28. The van der Waals surface area contributed by atoms with Crippen LogP contribution in [0.3, 0.4) is 0 Å². The maximum Gasteiger partial charge on any atom is 0.265 e. The van der Waals surface area contributed by atoms with Gasteiger partial charge in [-0.05, 0) is 0 Å². The van der Waals surface area contributed by atoms with Gasteiger partial charge in [-0.3, -0.25) is 5.41 Å². The summed E-state index contributed by atoms with van der Waals surface area (Å²) in [7, 11) is 0. The van der Waals surface area contributed by atoms with E-state index in [1.54, 1.807) is 0 Å². The van der Waals surface area contributed by atoms with Crippen molar-refractivity contribution >= 4 is 57.8 Å². The van der Waals surface area contributed by atoms with Crippen molar-refractivity contribution in [1.29, 1.82) is 5.41 Å². The quantitative estimate of drug-likeness (QED) is 0.364. The average Bonchev–Trinajstić information content (AvgIpc) is 2.14. The van der Waals surface area contributed by atoms with Gasteiger partial charge in [0.05, 0.1) is 0 Å². The standard InChI is InChI=1S/C9H8Cl3NOS/c10-9(11,12)8(13)14-5-6-3-1-2-4-7(6)15/h1-3,13H,4-5H2. The number of hydrogen-bond acceptors (Lipinski definition) is 3. The first-order valence-corrected chi connectivity index (χ1v) is 5.63. The molecular formula is C9H8Cl3NOS. The molecule has 6 heteroatoms. The van der Waals surface area contributed by atoms with Gasteiger partial charge in [0.2, 0.25) is 5.90 Å². The van der Waals surface area contributed by atoms with Crippen LogP contribution >= 0.6 is 47.0 Å². The highest BCUT2D eigenvalue weighted by atomic mass is 35.6. The zero-order chi connectivity index (χ0) is 11.5. The van der Waals surface area contributed by atoms with Crippen LogP contribution < -0.4 is 0 Å². The second kappa shape index (κ2) is 5.30. The van der Waals surface area contributed by atoms with E-state index in [0.29, 0.717) is 6.42 Å². The van der Waals surface area contributed by atoms with Crippen molar-refractivity contribution in [2.45, 2.75) is 10.2 Å². The Morgan fingerprint density at radius 3 is 2.73 bits per heavy atom. The molecule has 82 valence electrons. The van der Waals surface area contributed by atoms with Crippen molar-refractivity contribution in [3.8, 4) is 0 Å². The van der Waals surface area contributed by atoms with E-state index < -0.39 is 9.69 Å². The summed E-state index contributed by atoms with van der Waals surface area (Å²) in [5.41, 5.74) is 0.839. The number of ether oxygens (including phenoxy) is 1. The Labute approximate surface area is 108 Å². The van der Waals surface area contributed by atoms with E-state index in [-0.39, 0.29) is 6.61 Å². The first-order valence-electron chi connectivity index (χ1n) is 4.08. The van der Waals surface area contributed by atoms with Crippen LogP contribution in [0.25, 0.3) is 0 Å². The van der Waals surface area contributed by atoms with Crippen molar-refractivity contribution in [3.05, 3.63) is 23.8 Å². The second-order valence-corrected chi connectivity index (χ2v) is 5.64. The van der Waals surface area contributed by atoms with Gasteiger partial charge < -0.3 is 4.74 Å². The molecule has 0 unspecified atom stereocenters. The topological polar surface area (TPSA) is 33.1 Å². The van der Waals surface area contributed by atoms with Crippen LogP contribution in [-0.2, 0) is 4.74 Å². The van der Waals surface area contributed by atoms with Crippen LogP contribution in [0.2, 0.25) is 0 Å².